The van der Waals surface area contributed by atoms with Gasteiger partial charge >= 0.3 is 11.9 Å². The summed E-state index contributed by atoms with van der Waals surface area (Å²) in [4.78, 5) is 119. The first-order chi connectivity index (χ1) is 43.1. The van der Waals surface area contributed by atoms with E-state index in [1.807, 2.05) is 42.8 Å². The number of hydrogen-bond acceptors (Lipinski definition) is 19. The van der Waals surface area contributed by atoms with Gasteiger partial charge in [0.2, 0.25) is 23.6 Å². The summed E-state index contributed by atoms with van der Waals surface area (Å²) in [5.74, 6) is -1.37. The Bertz CT molecular complexity index is 3370. The van der Waals surface area contributed by atoms with Crippen LogP contribution in [0, 0.1) is 11.8 Å². The van der Waals surface area contributed by atoms with Gasteiger partial charge in [-0.05, 0) is 54.9 Å². The van der Waals surface area contributed by atoms with Gasteiger partial charge in [-0.3, -0.25) is 38.8 Å². The number of aromatic nitrogens is 2. The molecule has 4 N–H and O–H groups in total. The van der Waals surface area contributed by atoms with Crippen molar-refractivity contribution in [3.8, 4) is 0 Å². The number of aliphatic imine (C=N–C) groups is 2. The molecule has 6 heterocycles. The van der Waals surface area contributed by atoms with Crippen LogP contribution in [0.25, 0.3) is 0 Å². The molecular weight excluding hydrogens is 1270 g/mol. The second kappa shape index (κ2) is 37.0. The van der Waals surface area contributed by atoms with Gasteiger partial charge in [0, 0.05) is 41.5 Å². The van der Waals surface area contributed by atoms with E-state index in [1.54, 1.807) is 64.6 Å². The van der Waals surface area contributed by atoms with Crippen molar-refractivity contribution in [2.75, 3.05) is 17.3 Å². The molecule has 2 aromatic heterocycles. The Morgan fingerprint density at radius 3 is 1.47 bits per heavy atom. The van der Waals surface area contributed by atoms with Crippen LogP contribution in [0.4, 0.5) is 0 Å². The van der Waals surface area contributed by atoms with E-state index in [0.29, 0.717) is 56.6 Å². The molecule has 500 valence electrons. The monoisotopic (exact) mass is 1360 g/mol. The molecule has 8 bridgehead atoms. The molecule has 3 aromatic carbocycles. The Kier molecular flexibility index (Phi) is 31.0. The van der Waals surface area contributed by atoms with Crippen molar-refractivity contribution < 1.29 is 47.8 Å². The molecule has 4 aliphatic heterocycles. The number of allylic oxidation sites excluding steroid dienone is 2. The maximum atomic E-state index is 13.2. The van der Waals surface area contributed by atoms with E-state index in [2.05, 4.69) is 127 Å². The summed E-state index contributed by atoms with van der Waals surface area (Å²) in [5, 5.41) is 17.7. The highest BCUT2D eigenvalue weighted by Gasteiger charge is 2.44. The van der Waals surface area contributed by atoms with Crippen LogP contribution in [0.1, 0.15) is 147 Å². The number of nitrogens with zero attached hydrogens (tertiary/aromatic N) is 4. The number of rotatable bonds is 16. The normalized spacial score (nSPS) is 21.7. The molecule has 9 rings (SSSR count). The molecule has 0 spiro atoms. The standard InChI is InChI=1S/C25H24OS.C23H30N4O5S2.C19H24N4O4S2.3CH4/c1-2-3-19-24(26)20-27-25(21-13-7-4-8-14-21,22-15-9-5-10-16-22)23-17-11-6-12-18-23;1-5-14(28)7-6-8-15-9-17(29)24-10-18-25-16(11-33-18)20-27-23(4,12-34-20)22(31)26-19(13(2)3)21(30)32-15;1-5-11-6-13(24)20-7-14-21-12(8-28-14)16-23-19(4,9-29-16)18(26)22-15(10(2)3)17(25)27-11;;;/h2,4-18H,1,3,19-20H2;6,8,11,13,15,19H,5,7,9-10,12H2,1-4H3,(H,24,29)(H,26,31);5,8,10-11,15H,1,6-7,9H2,2-4H3,(H,20,24)(H,22,26);3*1H4/b;8-6+;;;;/t;15?,19-,23-;11?,15-,19-;;;/m.00.../s1. The number of fused-ring (bicyclic) bond motifs is 8. The lowest BCUT2D eigenvalue weighted by atomic mass is 9.84. The number of benzene rings is 3. The maximum absolute atomic E-state index is 13.2. The summed E-state index contributed by atoms with van der Waals surface area (Å²) < 4.78 is 10.7. The summed E-state index contributed by atoms with van der Waals surface area (Å²) >= 11 is 7.40. The Balaban J connectivity index is 0.000000295. The van der Waals surface area contributed by atoms with Crippen molar-refractivity contribution >= 4 is 115 Å². The Labute approximate surface area is 569 Å². The number of esters is 2. The average molecular weight is 1360 g/mol. The zero-order valence-electron chi connectivity index (χ0n) is 51.7. The molecule has 0 aliphatic carbocycles. The second-order valence-electron chi connectivity index (χ2n) is 22.7. The van der Waals surface area contributed by atoms with E-state index in [1.165, 1.54) is 69.0 Å². The van der Waals surface area contributed by atoms with E-state index in [0.717, 1.165) is 11.4 Å². The fourth-order valence-corrected chi connectivity index (χ4v) is 14.8. The molecule has 4 aliphatic rings. The molecule has 6 atom stereocenters. The third kappa shape index (κ3) is 21.4. The minimum absolute atomic E-state index is 0. The summed E-state index contributed by atoms with van der Waals surface area (Å²) in [6.07, 6.45) is 6.42. The van der Waals surface area contributed by atoms with Gasteiger partial charge in [0.1, 0.15) is 78.4 Å². The minimum Gasteiger partial charge on any atom is -0.456 e. The maximum Gasteiger partial charge on any atom is 0.329 e. The molecule has 0 fully saturated rings. The van der Waals surface area contributed by atoms with Crippen molar-refractivity contribution in [2.45, 2.75) is 162 Å². The third-order valence-electron chi connectivity index (χ3n) is 14.8. The summed E-state index contributed by atoms with van der Waals surface area (Å²) in [7, 11) is 0. The van der Waals surface area contributed by atoms with E-state index in [4.69, 9.17) is 9.47 Å². The fourth-order valence-electron chi connectivity index (χ4n) is 9.47. The molecular formula is C70H90N8O10S5. The predicted octanol–water partition coefficient (Wildman–Crippen LogP) is 12.2. The van der Waals surface area contributed by atoms with Gasteiger partial charge in [0.05, 0.1) is 36.4 Å². The van der Waals surface area contributed by atoms with E-state index < -0.39 is 52.1 Å². The molecule has 2 unspecified atom stereocenters. The lowest BCUT2D eigenvalue weighted by Gasteiger charge is -2.35. The second-order valence-corrected chi connectivity index (χ2v) is 27.7. The van der Waals surface area contributed by atoms with Crippen molar-refractivity contribution in [3.63, 3.8) is 0 Å². The van der Waals surface area contributed by atoms with E-state index in [9.17, 15) is 38.4 Å². The largest absolute Gasteiger partial charge is 0.456 e. The third-order valence-corrected chi connectivity index (χ3v) is 20.6. The van der Waals surface area contributed by atoms with E-state index in [-0.39, 0.29) is 102 Å². The lowest BCUT2D eigenvalue weighted by molar-refractivity contribution is -0.154. The zero-order chi connectivity index (χ0) is 65.0. The smallest absolute Gasteiger partial charge is 0.329 e. The van der Waals surface area contributed by atoms with Crippen molar-refractivity contribution in [2.24, 2.45) is 21.8 Å². The average Bonchev–Trinajstić information content (AvgIpc) is 1.59. The van der Waals surface area contributed by atoms with Crippen LogP contribution in [0.15, 0.2) is 149 Å². The highest BCUT2D eigenvalue weighted by atomic mass is 32.2. The zero-order valence-corrected chi connectivity index (χ0v) is 55.8. The van der Waals surface area contributed by atoms with Gasteiger partial charge in [-0.1, -0.05) is 173 Å². The van der Waals surface area contributed by atoms with Crippen LogP contribution in [0.3, 0.4) is 0 Å². The van der Waals surface area contributed by atoms with Gasteiger partial charge in [0.25, 0.3) is 0 Å². The van der Waals surface area contributed by atoms with Crippen LogP contribution in [-0.2, 0) is 65.7 Å². The molecule has 4 amide bonds. The topological polar surface area (TPSA) is 254 Å². The van der Waals surface area contributed by atoms with Crippen LogP contribution in [0.2, 0.25) is 0 Å². The number of ketones is 2. The predicted molar refractivity (Wildman–Crippen MR) is 381 cm³/mol. The number of ether oxygens (including phenoxy) is 2. The number of thiazole rings is 2. The van der Waals surface area contributed by atoms with E-state index >= 15 is 0 Å². The van der Waals surface area contributed by atoms with Crippen LogP contribution in [0.5, 0.6) is 0 Å². The Hall–Kier alpha value is -7.31. The lowest BCUT2D eigenvalue weighted by Crippen LogP contribution is -2.53. The number of carbonyl (C=O) groups excluding carboxylic acids is 8. The van der Waals surface area contributed by atoms with Crippen LogP contribution in [-0.4, -0.2) is 120 Å². The highest BCUT2D eigenvalue weighted by molar-refractivity contribution is 8.15. The molecule has 0 saturated carbocycles. The molecule has 23 heteroatoms. The summed E-state index contributed by atoms with van der Waals surface area (Å²) in [6.45, 7) is 20.4. The molecule has 0 saturated heterocycles. The van der Waals surface area contributed by atoms with Gasteiger partial charge in [0.15, 0.2) is 0 Å². The van der Waals surface area contributed by atoms with Crippen LogP contribution >= 0.6 is 58.0 Å². The Morgan fingerprint density at radius 2 is 1.08 bits per heavy atom. The quantitative estimate of drug-likeness (QED) is 0.0407. The first-order valence-corrected chi connectivity index (χ1v) is 34.5. The number of nitrogens with one attached hydrogen (secondary N) is 4. The Morgan fingerprint density at radius 1 is 0.656 bits per heavy atom. The van der Waals surface area contributed by atoms with Gasteiger partial charge in [-0.15, -0.1) is 64.5 Å². The number of cyclic esters (lactones) is 2. The minimum atomic E-state index is -1.04. The molecule has 93 heavy (non-hydrogen) atoms. The molecule has 18 nitrogen and oxygen atoms in total. The number of Topliss-reactive ketones (excluding diaryl/α,β-unsaturated/α-hetero) is 2. The number of hydrogen-bond donors (Lipinski definition) is 4. The molecule has 0 radical (unpaired) electrons. The van der Waals surface area contributed by atoms with Crippen molar-refractivity contribution in [3.05, 3.63) is 177 Å². The van der Waals surface area contributed by atoms with Gasteiger partial charge in [-0.25, -0.2) is 19.6 Å². The number of amides is 4. The number of carbonyl (C=O) groups is 8. The first kappa shape index (κ1) is 78.1. The summed E-state index contributed by atoms with van der Waals surface area (Å²) in [6, 6.07) is 29.6. The van der Waals surface area contributed by atoms with Crippen LogP contribution < -0.4 is 21.3 Å². The molecule has 5 aromatic rings. The first-order valence-electron chi connectivity index (χ1n) is 29.7. The van der Waals surface area contributed by atoms with Crippen molar-refractivity contribution in [1.82, 2.24) is 31.2 Å². The SMILES string of the molecule is C.C.C.C=CC1CC(=O)NCc2nc(cs2)C2=N[C@@](C)(CS2)C(=O)N[C@@H](C(C)C)C(=O)O1.C=CCCC(=O)CSC(c1ccccc1)(c1ccccc1)c1ccccc1.CCC(=O)C/C=C/C1CC(=O)NCc2nc(cs2)C2=N[C@@](C)(CS2)C(=O)N[C@@H](C(C)C)C(=O)O1. The van der Waals surface area contributed by atoms with Gasteiger partial charge < -0.3 is 30.7 Å². The fraction of sp³-hybridized carbons (Fsp3) is 0.429. The highest BCUT2D eigenvalue weighted by Crippen LogP contribution is 2.48. The van der Waals surface area contributed by atoms with Gasteiger partial charge in [-0.2, -0.15) is 0 Å². The summed E-state index contributed by atoms with van der Waals surface area (Å²) in [5.41, 5.74) is 2.88. The number of thioether (sulfide) groups is 3. The van der Waals surface area contributed by atoms with Crippen molar-refractivity contribution in [1.29, 1.82) is 0 Å².